The Bertz CT molecular complexity index is 1040. The number of benzene rings is 1. The van der Waals surface area contributed by atoms with Gasteiger partial charge in [-0.25, -0.2) is 4.98 Å². The van der Waals surface area contributed by atoms with Crippen molar-refractivity contribution in [2.45, 2.75) is 50.0 Å². The summed E-state index contributed by atoms with van der Waals surface area (Å²) in [4.78, 5) is 5.79. The number of fused-ring (bicyclic) bond motifs is 1. The van der Waals surface area contributed by atoms with Gasteiger partial charge >= 0.3 is 0 Å². The largest absolute Gasteiger partial charge is 0.323 e. The molecule has 0 unspecified atom stereocenters. The lowest BCUT2D eigenvalue weighted by molar-refractivity contribution is 0.140. The molecule has 1 aromatic heterocycles. The Balaban J connectivity index is 1.38. The van der Waals surface area contributed by atoms with Crippen LogP contribution in [0.3, 0.4) is 0 Å². The van der Waals surface area contributed by atoms with Gasteiger partial charge in [-0.3, -0.25) is 0 Å². The first-order valence-electron chi connectivity index (χ1n) is 10.8. The monoisotopic (exact) mass is 470 g/mol. The maximum absolute atomic E-state index is 6.74. The number of aromatic nitrogens is 1. The fourth-order valence-corrected chi connectivity index (χ4v) is 6.32. The molecule has 4 rings (SSSR count). The van der Waals surface area contributed by atoms with Gasteiger partial charge in [0.15, 0.2) is 0 Å². The van der Waals surface area contributed by atoms with E-state index in [1.165, 1.54) is 54.1 Å². The van der Waals surface area contributed by atoms with Gasteiger partial charge < -0.3 is 5.73 Å². The van der Waals surface area contributed by atoms with Crippen LogP contribution in [0.4, 0.5) is 0 Å². The molecule has 2 nitrogen and oxygen atoms in total. The van der Waals surface area contributed by atoms with E-state index in [9.17, 15) is 0 Å². The molecule has 2 aliphatic rings. The highest BCUT2D eigenvalue weighted by molar-refractivity contribution is 8.03. The van der Waals surface area contributed by atoms with Crippen molar-refractivity contribution in [1.29, 1.82) is 0 Å². The summed E-state index contributed by atoms with van der Waals surface area (Å²) in [5.74, 6) is 0.569. The summed E-state index contributed by atoms with van der Waals surface area (Å²) in [5, 5.41) is 0.794. The zero-order chi connectivity index (χ0) is 22.0. The van der Waals surface area contributed by atoms with Gasteiger partial charge in [-0.15, -0.1) is 0 Å². The van der Waals surface area contributed by atoms with E-state index in [2.05, 4.69) is 61.0 Å². The molecule has 1 fully saturated rings. The van der Waals surface area contributed by atoms with E-state index in [-0.39, 0.29) is 11.5 Å². The van der Waals surface area contributed by atoms with E-state index in [4.69, 9.17) is 28.9 Å². The third-order valence-electron chi connectivity index (χ3n) is 6.89. The number of halogens is 2. The van der Waals surface area contributed by atoms with Crippen molar-refractivity contribution >= 4 is 35.0 Å². The van der Waals surface area contributed by atoms with Crippen LogP contribution < -0.4 is 5.73 Å². The third-order valence-corrected chi connectivity index (χ3v) is 8.73. The smallest absolute Gasteiger partial charge is 0.148 e. The number of nitrogens with zero attached hydrogens (tertiary/aromatic N) is 1. The molecule has 0 bridgehead atoms. The van der Waals surface area contributed by atoms with E-state index >= 15 is 0 Å². The van der Waals surface area contributed by atoms with Gasteiger partial charge in [0.25, 0.3) is 0 Å². The van der Waals surface area contributed by atoms with Gasteiger partial charge in [0.1, 0.15) is 5.15 Å². The molecule has 0 radical (unpaired) electrons. The van der Waals surface area contributed by atoms with Crippen LogP contribution in [0.1, 0.15) is 49.8 Å². The van der Waals surface area contributed by atoms with Crippen LogP contribution >= 0.6 is 35.0 Å². The maximum Gasteiger partial charge on any atom is 0.148 e. The van der Waals surface area contributed by atoms with Crippen molar-refractivity contribution in [3.63, 3.8) is 0 Å². The minimum absolute atomic E-state index is 0.169. The molecule has 0 saturated heterocycles. The Morgan fingerprint density at radius 3 is 2.65 bits per heavy atom. The first-order chi connectivity index (χ1) is 14.9. The molecule has 0 amide bonds. The molecule has 1 aromatic carbocycles. The quantitative estimate of drug-likeness (QED) is 0.273. The van der Waals surface area contributed by atoms with E-state index in [1.807, 2.05) is 6.07 Å². The number of hydrogen-bond donors (Lipinski definition) is 1. The molecule has 2 aliphatic carbocycles. The molecule has 2 N–H and O–H groups in total. The lowest BCUT2D eigenvalue weighted by Crippen LogP contribution is -2.35. The zero-order valence-corrected chi connectivity index (χ0v) is 20.1. The summed E-state index contributed by atoms with van der Waals surface area (Å²) in [6, 6.07) is 10.7. The van der Waals surface area contributed by atoms with Gasteiger partial charge in [-0.05, 0) is 79.2 Å². The number of allylic oxidation sites excluding steroid dienone is 4. The Hall–Kier alpha value is -1.52. The lowest BCUT2D eigenvalue weighted by Gasteiger charge is -2.41. The van der Waals surface area contributed by atoms with Crippen molar-refractivity contribution in [2.24, 2.45) is 17.1 Å². The molecule has 31 heavy (non-hydrogen) atoms. The highest BCUT2D eigenvalue weighted by Crippen LogP contribution is 2.54. The van der Waals surface area contributed by atoms with Crippen molar-refractivity contribution in [3.8, 4) is 0 Å². The Kier molecular flexibility index (Phi) is 6.98. The average Bonchev–Trinajstić information content (AvgIpc) is 3.04. The average molecular weight is 471 g/mol. The summed E-state index contributed by atoms with van der Waals surface area (Å²) in [5.41, 5.74) is 11.2. The third kappa shape index (κ3) is 4.66. The minimum Gasteiger partial charge on any atom is -0.323 e. The number of hydrogen-bond acceptors (Lipinski definition) is 3. The number of pyridine rings is 1. The molecule has 5 heteroatoms. The Morgan fingerprint density at radius 2 is 1.94 bits per heavy atom. The molecular weight excluding hydrogens is 443 g/mol. The van der Waals surface area contributed by atoms with Crippen LogP contribution in [0.15, 0.2) is 76.7 Å². The first kappa shape index (κ1) is 22.7. The number of thioether (sulfide) groups is 1. The maximum atomic E-state index is 6.74. The van der Waals surface area contributed by atoms with Gasteiger partial charge in [-0.1, -0.05) is 78.0 Å². The second-order valence-corrected chi connectivity index (χ2v) is 10.5. The number of nitrogens with two attached hydrogens (primary N) is 1. The normalized spacial score (nSPS) is 25.9. The SMILES string of the molecule is C=C(/C=C\C(=C/C)[C@H]1CC[C@@]2(CC1)Cc1ccccc1[C@H]2N)Sc1ccnc(Cl)c1Cl. The molecule has 1 heterocycles. The second kappa shape index (κ2) is 9.54. The van der Waals surface area contributed by atoms with Crippen LogP contribution in [0.25, 0.3) is 0 Å². The molecule has 0 aliphatic heterocycles. The second-order valence-electron chi connectivity index (χ2n) is 8.59. The number of rotatable bonds is 5. The predicted molar refractivity (Wildman–Crippen MR) is 134 cm³/mol. The minimum atomic E-state index is 0.169. The summed E-state index contributed by atoms with van der Waals surface area (Å²) in [7, 11) is 0. The molecule has 1 spiro atoms. The molecule has 162 valence electrons. The van der Waals surface area contributed by atoms with Crippen molar-refractivity contribution in [1.82, 2.24) is 4.98 Å². The standard InChI is InChI=1S/C26H28Cl2N2S/c1-3-18(9-8-17(2)31-22-12-15-30-25(28)23(22)27)19-10-13-26(14-11-19)16-20-6-4-5-7-21(20)24(26)29/h3-9,12,15,19,24H,2,10-11,13-14,16,29H2,1H3/b9-8-,18-3+/t19-,24-,26+/m1/s1. The van der Waals surface area contributed by atoms with E-state index in [0.717, 1.165) is 16.2 Å². The van der Waals surface area contributed by atoms with Gasteiger partial charge in [0.05, 0.1) is 5.02 Å². The fraction of sp³-hybridized carbons (Fsp3) is 0.346. The van der Waals surface area contributed by atoms with Crippen LogP contribution in [0.2, 0.25) is 10.2 Å². The van der Waals surface area contributed by atoms with Crippen LogP contribution in [0.5, 0.6) is 0 Å². The van der Waals surface area contributed by atoms with Crippen molar-refractivity contribution < 1.29 is 0 Å². The highest BCUT2D eigenvalue weighted by Gasteiger charge is 2.46. The van der Waals surface area contributed by atoms with E-state index < -0.39 is 0 Å². The summed E-state index contributed by atoms with van der Waals surface area (Å²) in [6.45, 7) is 6.29. The summed E-state index contributed by atoms with van der Waals surface area (Å²) in [6.07, 6.45) is 14.0. The first-order valence-corrected chi connectivity index (χ1v) is 12.4. The molecular formula is C26H28Cl2N2S. The molecule has 2 aromatic rings. The van der Waals surface area contributed by atoms with Crippen molar-refractivity contribution in [3.05, 3.63) is 93.1 Å². The van der Waals surface area contributed by atoms with Crippen LogP contribution in [-0.4, -0.2) is 4.98 Å². The van der Waals surface area contributed by atoms with Gasteiger partial charge in [0, 0.05) is 22.0 Å². The van der Waals surface area contributed by atoms with Crippen molar-refractivity contribution in [2.75, 3.05) is 0 Å². The van der Waals surface area contributed by atoms with E-state index in [0.29, 0.717) is 16.1 Å². The van der Waals surface area contributed by atoms with Gasteiger partial charge in [-0.2, -0.15) is 0 Å². The molecule has 1 atom stereocenters. The van der Waals surface area contributed by atoms with Gasteiger partial charge in [0.2, 0.25) is 0 Å². The van der Waals surface area contributed by atoms with Crippen LogP contribution in [0, 0.1) is 11.3 Å². The fourth-order valence-electron chi connectivity index (χ4n) is 5.14. The Morgan fingerprint density at radius 1 is 1.19 bits per heavy atom. The summed E-state index contributed by atoms with van der Waals surface area (Å²) < 4.78 is 0. The van der Waals surface area contributed by atoms with Crippen LogP contribution in [-0.2, 0) is 6.42 Å². The zero-order valence-electron chi connectivity index (χ0n) is 17.8. The van der Waals surface area contributed by atoms with E-state index in [1.54, 1.807) is 6.20 Å². The summed E-state index contributed by atoms with van der Waals surface area (Å²) >= 11 is 13.8. The predicted octanol–water partition coefficient (Wildman–Crippen LogP) is 7.93. The lowest BCUT2D eigenvalue weighted by atomic mass is 9.65. The highest BCUT2D eigenvalue weighted by atomic mass is 35.5. The molecule has 1 saturated carbocycles. The Labute approximate surface area is 199 Å². The topological polar surface area (TPSA) is 38.9 Å².